The second kappa shape index (κ2) is 31.6. The fourth-order valence-corrected chi connectivity index (χ4v) is 11.0. The summed E-state index contributed by atoms with van der Waals surface area (Å²) in [6, 6.07) is 6.81. The summed E-state index contributed by atoms with van der Waals surface area (Å²) in [5.41, 5.74) is 9.97. The Bertz CT molecular complexity index is 3540. The number of carbonyl (C=O) groups excluding carboxylic acids is 9. The average molecular weight is 1290 g/mol. The zero-order valence-corrected chi connectivity index (χ0v) is 50.6. The molecular weight excluding hydrogens is 1220 g/mol. The van der Waals surface area contributed by atoms with E-state index in [0.717, 1.165) is 10.9 Å². The fourth-order valence-electron chi connectivity index (χ4n) is 10.1. The number of thiol groups is 4. The first-order chi connectivity index (χ1) is 42.2. The number of carboxylic acids is 2. The summed E-state index contributed by atoms with van der Waals surface area (Å²) < 4.78 is 0. The number of nitrogens with two attached hydrogens (primary N) is 1. The highest BCUT2D eigenvalue weighted by atomic mass is 32.1. The summed E-state index contributed by atoms with van der Waals surface area (Å²) in [6.45, 7) is -1.15. The van der Waals surface area contributed by atoms with Gasteiger partial charge in [0, 0.05) is 100 Å². The number of aliphatic hydroxyl groups is 1. The molecule has 0 spiro atoms. The van der Waals surface area contributed by atoms with Crippen LogP contribution < -0.4 is 48.3 Å². The predicted octanol–water partition coefficient (Wildman–Crippen LogP) is -1.37. The van der Waals surface area contributed by atoms with Crippen LogP contribution in [0.25, 0.3) is 32.7 Å². The fraction of sp³-hybridized carbons (Fsp3) is 0.386. The molecule has 1 fully saturated rings. The summed E-state index contributed by atoms with van der Waals surface area (Å²) in [5.74, 6) is -12.4. The van der Waals surface area contributed by atoms with Crippen molar-refractivity contribution in [2.24, 2.45) is 5.73 Å². The van der Waals surface area contributed by atoms with Crippen molar-refractivity contribution in [1.82, 2.24) is 62.4 Å². The van der Waals surface area contributed by atoms with Crippen molar-refractivity contribution >= 4 is 148 Å². The molecule has 9 amide bonds. The van der Waals surface area contributed by atoms with E-state index < -0.39 is 144 Å². The molecule has 470 valence electrons. The van der Waals surface area contributed by atoms with Crippen molar-refractivity contribution in [2.45, 2.75) is 98.9 Å². The molecule has 1 aliphatic rings. The molecule has 3 aromatic carbocycles. The number of nitrogens with one attached hydrogen (secondary N) is 11. The number of benzene rings is 3. The molecule has 4 heterocycles. The lowest BCUT2D eigenvalue weighted by molar-refractivity contribution is -0.144. The van der Waals surface area contributed by atoms with E-state index >= 15 is 0 Å². The number of aromatic amines is 3. The van der Waals surface area contributed by atoms with Gasteiger partial charge in [0.05, 0.1) is 19.1 Å². The Hall–Kier alpha value is -8.23. The predicted molar refractivity (Wildman–Crippen MR) is 337 cm³/mol. The third kappa shape index (κ3) is 17.1. The van der Waals surface area contributed by atoms with Crippen LogP contribution in [0, 0.1) is 0 Å². The molecule has 88 heavy (non-hydrogen) atoms. The number of likely N-dealkylation sites (tertiary alicyclic amines) is 1. The first-order valence-electron chi connectivity index (χ1n) is 27.8. The Labute approximate surface area is 525 Å². The van der Waals surface area contributed by atoms with Gasteiger partial charge in [0.25, 0.3) is 0 Å². The number of amides is 9. The lowest BCUT2D eigenvalue weighted by Gasteiger charge is -2.31. The van der Waals surface area contributed by atoms with E-state index in [0.29, 0.717) is 38.5 Å². The van der Waals surface area contributed by atoms with E-state index in [9.17, 15) is 68.1 Å². The number of hydrogen-bond acceptors (Lipinski definition) is 17. The van der Waals surface area contributed by atoms with E-state index in [2.05, 4.69) is 108 Å². The zero-order valence-electron chi connectivity index (χ0n) is 47.1. The lowest BCUT2D eigenvalue weighted by atomic mass is 10.0. The van der Waals surface area contributed by atoms with Crippen LogP contribution in [-0.2, 0) is 72.0 Å². The van der Waals surface area contributed by atoms with Gasteiger partial charge in [-0.15, -0.1) is 0 Å². The summed E-state index contributed by atoms with van der Waals surface area (Å²) in [6.07, 6.45) is 3.81. The van der Waals surface area contributed by atoms with Gasteiger partial charge >= 0.3 is 11.9 Å². The number of nitrogens with zero attached hydrogens (tertiary/aromatic N) is 1. The van der Waals surface area contributed by atoms with Gasteiger partial charge in [-0.3, -0.25) is 47.9 Å². The number of para-hydroxylation sites is 3. The minimum Gasteiger partial charge on any atom is -0.481 e. The molecular formula is C57H69N13O14S4. The number of fused-ring (bicyclic) bond motifs is 3. The molecule has 3 aromatic heterocycles. The van der Waals surface area contributed by atoms with Crippen LogP contribution in [0.15, 0.2) is 91.4 Å². The van der Waals surface area contributed by atoms with Crippen LogP contribution >= 0.6 is 50.5 Å². The third-order valence-corrected chi connectivity index (χ3v) is 16.3. The molecule has 0 unspecified atom stereocenters. The van der Waals surface area contributed by atoms with Gasteiger partial charge in [-0.05, 0) is 47.7 Å². The first-order valence-corrected chi connectivity index (χ1v) is 30.3. The monoisotopic (exact) mass is 1290 g/mol. The SMILES string of the molecule is N[C@@H](CS)C(=O)N[C@@H](Cc1c[nH]c2ccccc12)C(=O)N[C@@H](CS)C(=O)N[C@@H](Cc1c[nH]c2ccccc12)C(=O)N1CCC[C@H]1C(=O)N[C@@H](CC(=O)O)C(=O)N[C@@H](CO)C(=O)N[C@@H](CS)C(=O)N[C@@H](Cc1c[nH]c2ccccc12)C(=O)N[C@@H](CS)C(=O)O. The van der Waals surface area contributed by atoms with Crippen LogP contribution in [-0.4, -0.2) is 197 Å². The Morgan fingerprint density at radius 3 is 1.30 bits per heavy atom. The topological polar surface area (TPSA) is 421 Å². The largest absolute Gasteiger partial charge is 0.481 e. The molecule has 1 saturated heterocycles. The Balaban J connectivity index is 1.04. The van der Waals surface area contributed by atoms with E-state index in [1.54, 1.807) is 67.1 Å². The molecule has 0 radical (unpaired) electrons. The van der Waals surface area contributed by atoms with Crippen molar-refractivity contribution in [3.8, 4) is 0 Å². The molecule has 31 heteroatoms. The number of carboxylic acid groups (broad SMARTS) is 2. The standard InChI is InChI=1S/C57H69N13O14S4/c58-34(24-85)48(74)62-38(16-28-20-59-35-11-4-1-8-31(28)35)49(75)67-44(26-87)54(80)65-41(18-30-22-61-37-13-6-3-10-33(30)37)56(82)70-15-7-14-46(70)55(81)64-40(19-47(72)73)51(77)66-42(23-71)52(78)68-43(25-86)53(79)63-39(50(76)69-45(27-88)57(83)84)17-29-21-60-36-12-5-2-9-32(29)36/h1-6,8-13,20-22,34,38-46,59-61,71,85-88H,7,14-19,23-27,58H2,(H,62,74)(H,63,79)(H,64,81)(H,65,80)(H,66,77)(H,67,75)(H,68,78)(H,69,76)(H,72,73)(H,83,84)/t34-,38-,39-,40-,41-,42-,43-,44-,45-,46-/m0/s1. The van der Waals surface area contributed by atoms with Crippen molar-refractivity contribution in [3.63, 3.8) is 0 Å². The highest BCUT2D eigenvalue weighted by Crippen LogP contribution is 2.25. The van der Waals surface area contributed by atoms with Gasteiger partial charge in [-0.1, -0.05) is 54.6 Å². The van der Waals surface area contributed by atoms with E-state index in [1.807, 2.05) is 24.3 Å². The van der Waals surface area contributed by atoms with Crippen LogP contribution in [0.3, 0.4) is 0 Å². The molecule has 0 saturated carbocycles. The van der Waals surface area contributed by atoms with Crippen LogP contribution in [0.2, 0.25) is 0 Å². The summed E-state index contributed by atoms with van der Waals surface area (Å²) >= 11 is 16.7. The van der Waals surface area contributed by atoms with E-state index in [4.69, 9.17) is 5.73 Å². The van der Waals surface area contributed by atoms with Crippen molar-refractivity contribution < 1.29 is 68.1 Å². The summed E-state index contributed by atoms with van der Waals surface area (Å²) in [7, 11) is 0. The van der Waals surface area contributed by atoms with Crippen LogP contribution in [0.1, 0.15) is 36.0 Å². The van der Waals surface area contributed by atoms with E-state index in [-0.39, 0.29) is 55.9 Å². The van der Waals surface area contributed by atoms with Crippen molar-refractivity contribution in [2.75, 3.05) is 36.2 Å². The van der Waals surface area contributed by atoms with Gasteiger partial charge in [-0.25, -0.2) is 4.79 Å². The Morgan fingerprint density at radius 2 is 0.864 bits per heavy atom. The van der Waals surface area contributed by atoms with Gasteiger partial charge < -0.3 is 83.4 Å². The van der Waals surface area contributed by atoms with E-state index in [1.165, 1.54) is 4.90 Å². The van der Waals surface area contributed by atoms with Gasteiger partial charge in [0.15, 0.2) is 0 Å². The maximum Gasteiger partial charge on any atom is 0.327 e. The van der Waals surface area contributed by atoms with Crippen molar-refractivity contribution in [3.05, 3.63) is 108 Å². The minimum absolute atomic E-state index is 0.0109. The molecule has 1 aliphatic heterocycles. The molecule has 6 aromatic rings. The van der Waals surface area contributed by atoms with Crippen LogP contribution in [0.5, 0.6) is 0 Å². The number of hydrogen-bond donors (Lipinski definition) is 19. The number of rotatable bonds is 31. The molecule has 0 bridgehead atoms. The number of aliphatic carboxylic acids is 2. The quantitative estimate of drug-likeness (QED) is 0.0223. The smallest absolute Gasteiger partial charge is 0.327 e. The van der Waals surface area contributed by atoms with Gasteiger partial charge in [-0.2, -0.15) is 50.5 Å². The average Bonchev–Trinajstić information content (AvgIpc) is 2.86. The number of aromatic nitrogens is 3. The Morgan fingerprint density at radius 1 is 0.489 bits per heavy atom. The lowest BCUT2D eigenvalue weighted by Crippen LogP contribution is -2.61. The third-order valence-electron chi connectivity index (χ3n) is 14.8. The van der Waals surface area contributed by atoms with Gasteiger partial charge in [0.2, 0.25) is 53.2 Å². The zero-order chi connectivity index (χ0) is 63.8. The normalized spacial score (nSPS) is 16.2. The second-order valence-electron chi connectivity index (χ2n) is 20.8. The van der Waals surface area contributed by atoms with Crippen molar-refractivity contribution in [1.29, 1.82) is 0 Å². The van der Waals surface area contributed by atoms with Gasteiger partial charge in [0.1, 0.15) is 54.4 Å². The molecule has 16 N–H and O–H groups in total. The van der Waals surface area contributed by atoms with Crippen LogP contribution in [0.4, 0.5) is 0 Å². The molecule has 27 nitrogen and oxygen atoms in total. The molecule has 0 aliphatic carbocycles. The Kier molecular flexibility index (Phi) is 24.2. The maximum absolute atomic E-state index is 14.9. The maximum atomic E-state index is 14.9. The second-order valence-corrected chi connectivity index (χ2v) is 22.3. The highest BCUT2D eigenvalue weighted by molar-refractivity contribution is 7.80. The first kappa shape index (κ1) is 67.3. The molecule has 7 rings (SSSR count). The number of aliphatic hydroxyl groups excluding tert-OH is 1. The summed E-state index contributed by atoms with van der Waals surface area (Å²) in [4.78, 5) is 160. The number of H-pyrrole nitrogens is 3. The number of carbonyl (C=O) groups is 11. The molecule has 10 atom stereocenters. The summed E-state index contributed by atoms with van der Waals surface area (Å²) in [5, 5.41) is 51.9. The minimum atomic E-state index is -1.93. The highest BCUT2D eigenvalue weighted by Gasteiger charge is 2.41.